The minimum absolute atomic E-state index is 0.173. The summed E-state index contributed by atoms with van der Waals surface area (Å²) < 4.78 is 12.2. The number of hydroxylamine groups is 2. The van der Waals surface area contributed by atoms with Gasteiger partial charge in [-0.3, -0.25) is 4.90 Å². The van der Waals surface area contributed by atoms with Crippen molar-refractivity contribution in [2.45, 2.75) is 56.5 Å². The molecule has 3 aliphatic heterocycles. The van der Waals surface area contributed by atoms with Gasteiger partial charge in [-0.2, -0.15) is 16.8 Å². The van der Waals surface area contributed by atoms with Crippen LogP contribution in [0.4, 0.5) is 10.5 Å². The predicted molar refractivity (Wildman–Crippen MR) is 117 cm³/mol. The molecule has 1 unspecified atom stereocenters. The quantitative estimate of drug-likeness (QED) is 0.672. The summed E-state index contributed by atoms with van der Waals surface area (Å²) in [6.07, 6.45) is 2.13. The molecule has 160 valence electrons. The highest BCUT2D eigenvalue weighted by Gasteiger charge is 2.69. The zero-order valence-corrected chi connectivity index (χ0v) is 19.8. The smallest absolute Gasteiger partial charge is 0.412 e. The largest absolute Gasteiger partial charge is 0.496 e. The number of carbonyl (C=O) groups excluding carboxylic acids is 1. The Kier molecular flexibility index (Phi) is 5.25. The topological polar surface area (TPSA) is 74.3 Å². The summed E-state index contributed by atoms with van der Waals surface area (Å²) in [5.74, 6) is 1.46. The van der Waals surface area contributed by atoms with E-state index in [1.165, 1.54) is 5.06 Å². The Balaban J connectivity index is 1.84. The maximum Gasteiger partial charge on any atom is 0.412 e. The van der Waals surface area contributed by atoms with Gasteiger partial charge in [0.05, 0.1) is 29.1 Å². The van der Waals surface area contributed by atoms with Crippen molar-refractivity contribution in [3.8, 4) is 5.75 Å². The molecular formula is C20H28BrN3O4S. The molecule has 0 aromatic heterocycles. The maximum atomic E-state index is 13.3. The van der Waals surface area contributed by atoms with Gasteiger partial charge in [-0.1, -0.05) is 0 Å². The second-order valence-electron chi connectivity index (χ2n) is 8.89. The fourth-order valence-electron chi connectivity index (χ4n) is 5.18. The third kappa shape index (κ3) is 3.12. The zero-order chi connectivity index (χ0) is 21.1. The number of methoxy groups -OCH3 is 1. The highest BCUT2D eigenvalue weighted by Crippen LogP contribution is 2.59. The zero-order valence-electron chi connectivity index (χ0n) is 17.4. The van der Waals surface area contributed by atoms with Crippen LogP contribution in [0.5, 0.6) is 5.75 Å². The van der Waals surface area contributed by atoms with E-state index in [1.807, 2.05) is 44.1 Å². The number of nitrogens with zero attached hydrogens (tertiary/aromatic N) is 2. The molecule has 0 saturated carbocycles. The van der Waals surface area contributed by atoms with Gasteiger partial charge < -0.3 is 20.0 Å². The Hall–Kier alpha value is -1.16. The summed E-state index contributed by atoms with van der Waals surface area (Å²) in [5.41, 5.74) is 1.03. The van der Waals surface area contributed by atoms with E-state index >= 15 is 0 Å². The lowest BCUT2D eigenvalue weighted by Gasteiger charge is -2.34. The lowest BCUT2D eigenvalue weighted by molar-refractivity contribution is -0.114. The Morgan fingerprint density at radius 2 is 2.17 bits per heavy atom. The number of likely N-dealkylation sites (tertiary alicyclic amines) is 1. The Morgan fingerprint density at radius 1 is 1.45 bits per heavy atom. The van der Waals surface area contributed by atoms with Gasteiger partial charge in [-0.15, -0.1) is 0 Å². The number of ether oxygens (including phenoxy) is 2. The van der Waals surface area contributed by atoms with Crippen molar-refractivity contribution in [1.29, 1.82) is 0 Å². The average Bonchev–Trinajstić information content (AvgIpc) is 3.19. The molecule has 4 atom stereocenters. The van der Waals surface area contributed by atoms with Crippen molar-refractivity contribution < 1.29 is 19.5 Å². The molecule has 0 radical (unpaired) electrons. The first-order valence-electron chi connectivity index (χ1n) is 9.74. The molecule has 4 rings (SSSR count). The first-order chi connectivity index (χ1) is 13.6. The van der Waals surface area contributed by atoms with Gasteiger partial charge in [0.25, 0.3) is 0 Å². The molecule has 2 N–H and O–H groups in total. The van der Waals surface area contributed by atoms with Crippen LogP contribution in [-0.4, -0.2) is 70.8 Å². The van der Waals surface area contributed by atoms with Crippen molar-refractivity contribution in [2.75, 3.05) is 31.0 Å². The summed E-state index contributed by atoms with van der Waals surface area (Å²) in [5, 5.41) is 15.8. The van der Waals surface area contributed by atoms with Crippen LogP contribution in [0.1, 0.15) is 32.8 Å². The fraction of sp³-hybridized carbons (Fsp3) is 0.650. The summed E-state index contributed by atoms with van der Waals surface area (Å²) in [4.78, 5) is 15.1. The molecule has 29 heavy (non-hydrogen) atoms. The second-order valence-corrected chi connectivity index (χ2v) is 10.7. The lowest BCUT2D eigenvalue weighted by atomic mass is 9.74. The van der Waals surface area contributed by atoms with Gasteiger partial charge in [-0.05, 0) is 67.1 Å². The van der Waals surface area contributed by atoms with Gasteiger partial charge >= 0.3 is 6.09 Å². The van der Waals surface area contributed by atoms with Gasteiger partial charge in [0.15, 0.2) is 0 Å². The predicted octanol–water partition coefficient (Wildman–Crippen LogP) is 3.89. The van der Waals surface area contributed by atoms with Crippen molar-refractivity contribution in [3.63, 3.8) is 0 Å². The van der Waals surface area contributed by atoms with Gasteiger partial charge in [0, 0.05) is 18.0 Å². The third-order valence-corrected chi connectivity index (χ3v) is 7.41. The summed E-state index contributed by atoms with van der Waals surface area (Å²) in [6.45, 7) is 6.18. The van der Waals surface area contributed by atoms with E-state index in [1.54, 1.807) is 18.9 Å². The van der Waals surface area contributed by atoms with Gasteiger partial charge in [0.1, 0.15) is 17.5 Å². The van der Waals surface area contributed by atoms with E-state index in [4.69, 9.17) is 9.47 Å². The van der Waals surface area contributed by atoms with Crippen LogP contribution in [0.3, 0.4) is 0 Å². The number of thioether (sulfide) groups is 1. The standard InChI is InChI=1S/C20H28BrN3O4S/c1-19(2,3)28-18(25)24-14(10-29-5)16-20(6-7-23(16)26)11-8-15(27-4)12(21)9-13(11)22-17(20)24/h8-9,14,16-17,22,26H,6-7,10H2,1-5H3/t14-,16-,17-,20?/m1/s1. The number of amides is 1. The Labute approximate surface area is 184 Å². The number of anilines is 1. The molecule has 0 bridgehead atoms. The molecule has 0 aliphatic carbocycles. The number of carbonyl (C=O) groups is 1. The van der Waals surface area contributed by atoms with Crippen LogP contribution in [-0.2, 0) is 10.2 Å². The Bertz CT molecular complexity index is 833. The minimum atomic E-state index is -0.595. The third-order valence-electron chi connectivity index (χ3n) is 6.12. The molecule has 3 heterocycles. The summed E-state index contributed by atoms with van der Waals surface area (Å²) >= 11 is 5.23. The summed E-state index contributed by atoms with van der Waals surface area (Å²) in [7, 11) is 1.65. The average molecular weight is 486 g/mol. The SMILES string of the molecule is COc1cc2c(cc1Br)N[C@@H]1N(C(=O)OC(C)(C)C)[C@H](CSC)[C@H]3N(O)CCC213. The van der Waals surface area contributed by atoms with Crippen molar-refractivity contribution >= 4 is 39.5 Å². The number of rotatable bonds is 3. The molecule has 3 aliphatic rings. The Morgan fingerprint density at radius 3 is 2.79 bits per heavy atom. The molecule has 1 aromatic rings. The maximum absolute atomic E-state index is 13.3. The van der Waals surface area contributed by atoms with Crippen LogP contribution < -0.4 is 10.1 Å². The monoisotopic (exact) mass is 485 g/mol. The van der Waals surface area contributed by atoms with Crippen LogP contribution in [0.15, 0.2) is 16.6 Å². The van der Waals surface area contributed by atoms with E-state index in [-0.39, 0.29) is 24.3 Å². The molecular weight excluding hydrogens is 458 g/mol. The van der Waals surface area contributed by atoms with Crippen molar-refractivity contribution in [3.05, 3.63) is 22.2 Å². The number of hydrogen-bond acceptors (Lipinski definition) is 7. The van der Waals surface area contributed by atoms with Crippen molar-refractivity contribution in [2.24, 2.45) is 0 Å². The number of hydrogen-bond donors (Lipinski definition) is 2. The first-order valence-corrected chi connectivity index (χ1v) is 11.9. The van der Waals surface area contributed by atoms with E-state index in [0.29, 0.717) is 12.3 Å². The molecule has 2 fully saturated rings. The highest BCUT2D eigenvalue weighted by molar-refractivity contribution is 9.10. The lowest BCUT2D eigenvalue weighted by Crippen LogP contribution is -2.51. The highest BCUT2D eigenvalue weighted by atomic mass is 79.9. The van der Waals surface area contributed by atoms with E-state index in [0.717, 1.165) is 27.9 Å². The van der Waals surface area contributed by atoms with Crippen LogP contribution in [0, 0.1) is 0 Å². The number of nitrogens with one attached hydrogen (secondary N) is 1. The van der Waals surface area contributed by atoms with E-state index < -0.39 is 11.0 Å². The van der Waals surface area contributed by atoms with Crippen LogP contribution in [0.25, 0.3) is 0 Å². The van der Waals surface area contributed by atoms with E-state index in [9.17, 15) is 10.0 Å². The molecule has 1 spiro atoms. The fourth-order valence-corrected chi connectivity index (χ4v) is 6.37. The molecule has 9 heteroatoms. The van der Waals surface area contributed by atoms with E-state index in [2.05, 4.69) is 21.2 Å². The molecule has 2 saturated heterocycles. The van der Waals surface area contributed by atoms with Crippen molar-refractivity contribution in [1.82, 2.24) is 9.96 Å². The van der Waals surface area contributed by atoms with Crippen LogP contribution in [0.2, 0.25) is 0 Å². The minimum Gasteiger partial charge on any atom is -0.496 e. The van der Waals surface area contributed by atoms with Gasteiger partial charge in [0.2, 0.25) is 0 Å². The molecule has 1 aromatic carbocycles. The molecule has 7 nitrogen and oxygen atoms in total. The second kappa shape index (κ2) is 7.21. The molecule has 1 amide bonds. The normalized spacial score (nSPS) is 30.6. The van der Waals surface area contributed by atoms with Gasteiger partial charge in [-0.25, -0.2) is 4.79 Å². The number of benzene rings is 1. The van der Waals surface area contributed by atoms with Crippen LogP contribution >= 0.6 is 27.7 Å². The number of halogens is 1. The summed E-state index contributed by atoms with van der Waals surface area (Å²) in [6, 6.07) is 3.64. The first kappa shape index (κ1) is 21.1. The number of fused-ring (bicyclic) bond motifs is 1.